The number of hydrogen-bond acceptors (Lipinski definition) is 6. The summed E-state index contributed by atoms with van der Waals surface area (Å²) in [7, 11) is -2.18. The van der Waals surface area contributed by atoms with Gasteiger partial charge in [0.1, 0.15) is 6.33 Å². The Morgan fingerprint density at radius 2 is 1.81 bits per heavy atom. The number of nitro groups is 1. The molecular formula is C17H17N5O4S. The molecule has 0 bridgehead atoms. The number of nitrogens with zero attached hydrogens (tertiary/aromatic N) is 4. The molecule has 140 valence electrons. The van der Waals surface area contributed by atoms with Crippen molar-refractivity contribution < 1.29 is 13.3 Å². The van der Waals surface area contributed by atoms with E-state index in [0.717, 1.165) is 11.6 Å². The lowest BCUT2D eigenvalue weighted by atomic mass is 10.1. The van der Waals surface area contributed by atoms with Crippen molar-refractivity contribution in [2.75, 3.05) is 4.72 Å². The van der Waals surface area contributed by atoms with Crippen LogP contribution in [0.2, 0.25) is 0 Å². The van der Waals surface area contributed by atoms with Crippen LogP contribution in [0.15, 0.2) is 47.6 Å². The second kappa shape index (κ2) is 6.80. The van der Waals surface area contributed by atoms with Crippen LogP contribution in [-0.4, -0.2) is 28.1 Å². The van der Waals surface area contributed by atoms with Crippen LogP contribution in [0.3, 0.4) is 0 Å². The fraction of sp³-hybridized carbons (Fsp3) is 0.176. The smallest absolute Gasteiger partial charge is 0.271 e. The summed E-state index contributed by atoms with van der Waals surface area (Å²) < 4.78 is 29.7. The largest absolute Gasteiger partial charge is 0.317 e. The Bertz CT molecular complexity index is 1120. The van der Waals surface area contributed by atoms with E-state index < -0.39 is 14.9 Å². The minimum absolute atomic E-state index is 0.119. The summed E-state index contributed by atoms with van der Waals surface area (Å²) in [5.74, 6) is 0.648. The fourth-order valence-corrected chi connectivity index (χ4v) is 4.03. The molecule has 3 aromatic rings. The molecule has 0 saturated heterocycles. The normalized spacial score (nSPS) is 11.4. The van der Waals surface area contributed by atoms with Gasteiger partial charge in [0.15, 0.2) is 5.82 Å². The maximum Gasteiger partial charge on any atom is 0.271 e. The molecule has 1 N–H and O–H groups in total. The second-order valence-corrected chi connectivity index (χ2v) is 7.74. The Morgan fingerprint density at radius 1 is 1.15 bits per heavy atom. The molecule has 9 nitrogen and oxygen atoms in total. The molecule has 2 aromatic carbocycles. The first-order chi connectivity index (χ1) is 12.7. The number of nitrogens with one attached hydrogen (secondary N) is 1. The fourth-order valence-electron chi connectivity index (χ4n) is 2.64. The SMILES string of the molecule is Cc1cc([N+](=O)[O-])cc(S(=O)(=O)Nc2ccc(-c3nncn3C)cc2)c1C. The lowest BCUT2D eigenvalue weighted by Gasteiger charge is -2.12. The summed E-state index contributed by atoms with van der Waals surface area (Å²) in [4.78, 5) is 10.3. The van der Waals surface area contributed by atoms with E-state index in [-0.39, 0.29) is 10.6 Å². The van der Waals surface area contributed by atoms with E-state index in [1.807, 2.05) is 0 Å². The average Bonchev–Trinajstić information content (AvgIpc) is 3.03. The molecule has 0 saturated carbocycles. The van der Waals surface area contributed by atoms with Crippen LogP contribution in [0, 0.1) is 24.0 Å². The van der Waals surface area contributed by atoms with Gasteiger partial charge in [0.2, 0.25) is 0 Å². The number of sulfonamides is 1. The zero-order valence-electron chi connectivity index (χ0n) is 14.9. The Balaban J connectivity index is 1.93. The second-order valence-electron chi connectivity index (χ2n) is 6.09. The highest BCUT2D eigenvalue weighted by Crippen LogP contribution is 2.27. The van der Waals surface area contributed by atoms with Gasteiger partial charge in [-0.05, 0) is 49.2 Å². The highest BCUT2D eigenvalue weighted by atomic mass is 32.2. The third-order valence-corrected chi connectivity index (χ3v) is 5.72. The van der Waals surface area contributed by atoms with E-state index in [4.69, 9.17) is 0 Å². The molecule has 1 heterocycles. The lowest BCUT2D eigenvalue weighted by molar-refractivity contribution is -0.385. The summed E-state index contributed by atoms with van der Waals surface area (Å²) in [5.41, 5.74) is 1.84. The summed E-state index contributed by atoms with van der Waals surface area (Å²) >= 11 is 0. The Kier molecular flexibility index (Phi) is 4.66. The number of rotatable bonds is 5. The van der Waals surface area contributed by atoms with Crippen molar-refractivity contribution in [2.24, 2.45) is 7.05 Å². The molecule has 0 aliphatic heterocycles. The molecule has 0 aliphatic carbocycles. The predicted octanol–water partition coefficient (Wildman–Crippen LogP) is 2.81. The van der Waals surface area contributed by atoms with Crippen molar-refractivity contribution in [1.82, 2.24) is 14.8 Å². The van der Waals surface area contributed by atoms with Crippen LogP contribution in [0.5, 0.6) is 0 Å². The van der Waals surface area contributed by atoms with Gasteiger partial charge in [-0.3, -0.25) is 14.8 Å². The number of hydrogen-bond donors (Lipinski definition) is 1. The highest BCUT2D eigenvalue weighted by molar-refractivity contribution is 7.92. The summed E-state index contributed by atoms with van der Waals surface area (Å²) in [5, 5.41) is 18.9. The van der Waals surface area contributed by atoms with E-state index >= 15 is 0 Å². The van der Waals surface area contributed by atoms with Gasteiger partial charge in [-0.1, -0.05) is 0 Å². The summed E-state index contributed by atoms with van der Waals surface area (Å²) in [6.07, 6.45) is 1.57. The quantitative estimate of drug-likeness (QED) is 0.531. The predicted molar refractivity (Wildman–Crippen MR) is 99.8 cm³/mol. The Morgan fingerprint density at radius 3 is 2.37 bits per heavy atom. The van der Waals surface area contributed by atoms with Crippen molar-refractivity contribution in [2.45, 2.75) is 18.7 Å². The van der Waals surface area contributed by atoms with Gasteiger partial charge in [-0.15, -0.1) is 10.2 Å². The molecule has 3 rings (SSSR count). The first-order valence-corrected chi connectivity index (χ1v) is 9.40. The standard InChI is InChI=1S/C17H17N5O4S/c1-11-8-15(22(23)24)9-16(12(11)2)27(25,26)20-14-6-4-13(5-7-14)17-19-18-10-21(17)3/h4-10,20H,1-3H3. The van der Waals surface area contributed by atoms with Gasteiger partial charge in [-0.2, -0.15) is 0 Å². The van der Waals surface area contributed by atoms with Crippen LogP contribution >= 0.6 is 0 Å². The van der Waals surface area contributed by atoms with Gasteiger partial charge in [0, 0.05) is 30.4 Å². The van der Waals surface area contributed by atoms with Gasteiger partial charge in [-0.25, -0.2) is 8.42 Å². The van der Waals surface area contributed by atoms with E-state index in [2.05, 4.69) is 14.9 Å². The number of aryl methyl sites for hydroxylation is 2. The average molecular weight is 387 g/mol. The molecule has 0 unspecified atom stereocenters. The van der Waals surface area contributed by atoms with Gasteiger partial charge in [0.25, 0.3) is 15.7 Å². The molecule has 0 aliphatic rings. The highest BCUT2D eigenvalue weighted by Gasteiger charge is 2.22. The van der Waals surface area contributed by atoms with E-state index in [0.29, 0.717) is 22.6 Å². The number of nitro benzene ring substituents is 1. The van der Waals surface area contributed by atoms with Crippen molar-refractivity contribution in [3.8, 4) is 11.4 Å². The molecule has 0 radical (unpaired) electrons. The minimum Gasteiger partial charge on any atom is -0.317 e. The topological polar surface area (TPSA) is 120 Å². The molecule has 10 heteroatoms. The summed E-state index contributed by atoms with van der Waals surface area (Å²) in [6, 6.07) is 9.05. The van der Waals surface area contributed by atoms with Crippen molar-refractivity contribution in [3.63, 3.8) is 0 Å². The minimum atomic E-state index is -3.98. The van der Waals surface area contributed by atoms with Crippen LogP contribution in [0.1, 0.15) is 11.1 Å². The number of benzene rings is 2. The van der Waals surface area contributed by atoms with Crippen molar-refractivity contribution >= 4 is 21.4 Å². The first-order valence-electron chi connectivity index (χ1n) is 7.92. The number of aromatic nitrogens is 3. The summed E-state index contributed by atoms with van der Waals surface area (Å²) in [6.45, 7) is 3.25. The zero-order chi connectivity index (χ0) is 19.8. The van der Waals surface area contributed by atoms with E-state index in [9.17, 15) is 18.5 Å². The Labute approximate surface area is 155 Å². The third-order valence-electron chi connectivity index (χ3n) is 4.21. The van der Waals surface area contributed by atoms with Crippen LogP contribution in [0.4, 0.5) is 11.4 Å². The molecule has 1 aromatic heterocycles. The molecule has 0 fully saturated rings. The molecular weight excluding hydrogens is 370 g/mol. The molecule has 0 atom stereocenters. The number of non-ortho nitro benzene ring substituents is 1. The van der Waals surface area contributed by atoms with Gasteiger partial charge >= 0.3 is 0 Å². The van der Waals surface area contributed by atoms with Crippen molar-refractivity contribution in [1.29, 1.82) is 0 Å². The van der Waals surface area contributed by atoms with Crippen LogP contribution in [0.25, 0.3) is 11.4 Å². The Hall–Kier alpha value is -3.27. The number of anilines is 1. The van der Waals surface area contributed by atoms with E-state index in [1.165, 1.54) is 6.07 Å². The first kappa shape index (κ1) is 18.5. The van der Waals surface area contributed by atoms with E-state index in [1.54, 1.807) is 56.1 Å². The molecule has 27 heavy (non-hydrogen) atoms. The maximum absolute atomic E-state index is 12.8. The monoisotopic (exact) mass is 387 g/mol. The molecule has 0 amide bonds. The zero-order valence-corrected chi connectivity index (χ0v) is 15.7. The van der Waals surface area contributed by atoms with Gasteiger partial charge < -0.3 is 4.57 Å². The molecule has 0 spiro atoms. The maximum atomic E-state index is 12.8. The van der Waals surface area contributed by atoms with Crippen molar-refractivity contribution in [3.05, 3.63) is 64.0 Å². The van der Waals surface area contributed by atoms with Crippen LogP contribution in [-0.2, 0) is 17.1 Å². The van der Waals surface area contributed by atoms with Gasteiger partial charge in [0.05, 0.1) is 9.82 Å². The van der Waals surface area contributed by atoms with Crippen LogP contribution < -0.4 is 4.72 Å². The third kappa shape index (κ3) is 3.65. The lowest BCUT2D eigenvalue weighted by Crippen LogP contribution is -2.15.